The summed E-state index contributed by atoms with van der Waals surface area (Å²) in [6.07, 6.45) is 0.161. The topological polar surface area (TPSA) is 26.0 Å². The highest BCUT2D eigenvalue weighted by molar-refractivity contribution is 9.10. The number of nitrogens with two attached hydrogens (primary N) is 1. The Hall–Kier alpha value is -0.430. The molecule has 21 heavy (non-hydrogen) atoms. The minimum Gasteiger partial charge on any atom is -0.327 e. The minimum atomic E-state index is -0.573. The van der Waals surface area contributed by atoms with Gasteiger partial charge in [0.1, 0.15) is 11.6 Å². The van der Waals surface area contributed by atoms with Gasteiger partial charge in [0.25, 0.3) is 0 Å². The molecule has 2 rings (SSSR count). The maximum absolute atomic E-state index is 13.9. The van der Waals surface area contributed by atoms with Crippen LogP contribution in [0.5, 0.6) is 0 Å². The molecule has 2 aromatic carbocycles. The lowest BCUT2D eigenvalue weighted by Crippen LogP contribution is -2.26. The van der Waals surface area contributed by atoms with Gasteiger partial charge >= 0.3 is 0 Å². The molecular formula is C15H13Br2F2NS. The summed E-state index contributed by atoms with van der Waals surface area (Å²) in [5, 5.41) is 0. The number of benzene rings is 2. The Labute approximate surface area is 143 Å². The fraction of sp³-hybridized carbons (Fsp3) is 0.200. The van der Waals surface area contributed by atoms with Crippen molar-refractivity contribution in [3.05, 3.63) is 62.5 Å². The summed E-state index contributed by atoms with van der Waals surface area (Å²) in [7, 11) is 0. The van der Waals surface area contributed by atoms with Crippen molar-refractivity contribution in [1.82, 2.24) is 0 Å². The van der Waals surface area contributed by atoms with Gasteiger partial charge in [0.05, 0.1) is 4.47 Å². The van der Waals surface area contributed by atoms with Crippen LogP contribution in [-0.2, 0) is 6.42 Å². The smallest absolute Gasteiger partial charge is 0.143 e. The molecule has 112 valence electrons. The van der Waals surface area contributed by atoms with Gasteiger partial charge in [-0.3, -0.25) is 0 Å². The average molecular weight is 437 g/mol. The quantitative estimate of drug-likeness (QED) is 0.517. The van der Waals surface area contributed by atoms with Crippen molar-refractivity contribution in [3.63, 3.8) is 0 Å². The van der Waals surface area contributed by atoms with Crippen LogP contribution in [0.15, 0.2) is 50.2 Å². The molecule has 0 radical (unpaired) electrons. The molecule has 0 aliphatic carbocycles. The monoisotopic (exact) mass is 435 g/mol. The molecule has 1 atom stereocenters. The third-order valence-electron chi connectivity index (χ3n) is 2.89. The lowest BCUT2D eigenvalue weighted by molar-refractivity contribution is 0.539. The first kappa shape index (κ1) is 16.9. The molecule has 0 aliphatic heterocycles. The van der Waals surface area contributed by atoms with Crippen LogP contribution in [-0.4, -0.2) is 11.8 Å². The van der Waals surface area contributed by atoms with Crippen LogP contribution in [0.4, 0.5) is 8.78 Å². The number of halogens is 4. The number of hydrogen-bond donors (Lipinski definition) is 1. The predicted octanol–water partition coefficient (Wildman–Crippen LogP) is 5.15. The van der Waals surface area contributed by atoms with E-state index in [2.05, 4.69) is 31.9 Å². The van der Waals surface area contributed by atoms with E-state index in [0.29, 0.717) is 5.75 Å². The predicted molar refractivity (Wildman–Crippen MR) is 90.6 cm³/mol. The molecule has 0 amide bonds. The maximum atomic E-state index is 13.9. The van der Waals surface area contributed by atoms with Crippen LogP contribution >= 0.6 is 43.6 Å². The number of hydrogen-bond acceptors (Lipinski definition) is 2. The molecule has 0 saturated carbocycles. The molecule has 0 aliphatic rings. The van der Waals surface area contributed by atoms with E-state index in [1.807, 2.05) is 24.3 Å². The molecule has 0 heterocycles. The molecular weight excluding hydrogens is 424 g/mol. The third-order valence-corrected chi connectivity index (χ3v) is 5.72. The van der Waals surface area contributed by atoms with E-state index < -0.39 is 11.6 Å². The van der Waals surface area contributed by atoms with Crippen LogP contribution in [0.2, 0.25) is 0 Å². The second-order valence-electron chi connectivity index (χ2n) is 4.53. The second-order valence-corrected chi connectivity index (χ2v) is 7.30. The summed E-state index contributed by atoms with van der Waals surface area (Å²) in [5.74, 6) is -0.554. The van der Waals surface area contributed by atoms with Crippen molar-refractivity contribution < 1.29 is 8.78 Å². The summed E-state index contributed by atoms with van der Waals surface area (Å²) < 4.78 is 28.8. The summed E-state index contributed by atoms with van der Waals surface area (Å²) in [6.45, 7) is 0. The Morgan fingerprint density at radius 2 is 1.76 bits per heavy atom. The first-order valence-electron chi connectivity index (χ1n) is 6.24. The van der Waals surface area contributed by atoms with E-state index >= 15 is 0 Å². The van der Waals surface area contributed by atoms with E-state index in [-0.39, 0.29) is 22.5 Å². The Morgan fingerprint density at radius 3 is 2.48 bits per heavy atom. The molecule has 6 heteroatoms. The van der Waals surface area contributed by atoms with Crippen LogP contribution in [0.3, 0.4) is 0 Å². The Bertz CT molecular complexity index is 637. The summed E-state index contributed by atoms with van der Waals surface area (Å²) in [5.41, 5.74) is 6.04. The SMILES string of the molecule is NC(CSc1ccccc1Br)Cc1c(F)ccc(Br)c1F. The van der Waals surface area contributed by atoms with Gasteiger partial charge in [-0.1, -0.05) is 12.1 Å². The minimum absolute atomic E-state index is 0.0320. The van der Waals surface area contributed by atoms with E-state index in [4.69, 9.17) is 5.73 Å². The van der Waals surface area contributed by atoms with Gasteiger partial charge in [-0.2, -0.15) is 0 Å². The molecule has 0 saturated heterocycles. The van der Waals surface area contributed by atoms with Gasteiger partial charge in [0.15, 0.2) is 0 Å². The molecule has 0 bridgehead atoms. The fourth-order valence-corrected chi connectivity index (χ4v) is 3.73. The highest BCUT2D eigenvalue weighted by Gasteiger charge is 2.16. The van der Waals surface area contributed by atoms with Crippen LogP contribution < -0.4 is 5.73 Å². The van der Waals surface area contributed by atoms with Gasteiger partial charge < -0.3 is 5.73 Å². The molecule has 0 spiro atoms. The normalized spacial score (nSPS) is 12.4. The average Bonchev–Trinajstić information content (AvgIpc) is 2.47. The van der Waals surface area contributed by atoms with Gasteiger partial charge in [0, 0.05) is 26.7 Å². The van der Waals surface area contributed by atoms with Crippen molar-refractivity contribution >= 4 is 43.6 Å². The number of thioether (sulfide) groups is 1. The van der Waals surface area contributed by atoms with Crippen molar-refractivity contribution in [2.75, 3.05) is 5.75 Å². The lowest BCUT2D eigenvalue weighted by atomic mass is 10.1. The van der Waals surface area contributed by atoms with E-state index in [9.17, 15) is 8.78 Å². The first-order chi connectivity index (χ1) is 9.99. The molecule has 0 aromatic heterocycles. The largest absolute Gasteiger partial charge is 0.327 e. The van der Waals surface area contributed by atoms with Crippen molar-refractivity contribution in [2.45, 2.75) is 17.4 Å². The molecule has 0 fully saturated rings. The standard InChI is InChI=1S/C15H13Br2F2NS/c16-11-3-1-2-4-14(11)21-8-9(20)7-10-13(18)6-5-12(17)15(10)19/h1-6,9H,7-8,20H2. The maximum Gasteiger partial charge on any atom is 0.143 e. The van der Waals surface area contributed by atoms with E-state index in [0.717, 1.165) is 9.37 Å². The first-order valence-corrected chi connectivity index (χ1v) is 8.81. The van der Waals surface area contributed by atoms with Gasteiger partial charge in [-0.25, -0.2) is 8.78 Å². The van der Waals surface area contributed by atoms with Crippen LogP contribution in [0, 0.1) is 11.6 Å². The highest BCUT2D eigenvalue weighted by Crippen LogP contribution is 2.28. The Morgan fingerprint density at radius 1 is 1.05 bits per heavy atom. The summed E-state index contributed by atoms with van der Waals surface area (Å²) >= 11 is 8.08. The van der Waals surface area contributed by atoms with Gasteiger partial charge in [-0.05, 0) is 62.5 Å². The molecule has 2 aromatic rings. The lowest BCUT2D eigenvalue weighted by Gasteiger charge is -2.14. The highest BCUT2D eigenvalue weighted by atomic mass is 79.9. The van der Waals surface area contributed by atoms with Crippen molar-refractivity contribution in [1.29, 1.82) is 0 Å². The van der Waals surface area contributed by atoms with Crippen molar-refractivity contribution in [2.24, 2.45) is 5.73 Å². The third kappa shape index (κ3) is 4.52. The zero-order valence-electron chi connectivity index (χ0n) is 11.0. The Balaban J connectivity index is 2.01. The van der Waals surface area contributed by atoms with Crippen LogP contribution in [0.1, 0.15) is 5.56 Å². The van der Waals surface area contributed by atoms with E-state index in [1.54, 1.807) is 11.8 Å². The summed E-state index contributed by atoms with van der Waals surface area (Å²) in [6, 6.07) is 10.1. The van der Waals surface area contributed by atoms with E-state index in [1.165, 1.54) is 12.1 Å². The zero-order valence-corrected chi connectivity index (χ0v) is 14.9. The van der Waals surface area contributed by atoms with Gasteiger partial charge in [-0.15, -0.1) is 11.8 Å². The Kier molecular flexibility index (Phi) is 6.22. The number of rotatable bonds is 5. The van der Waals surface area contributed by atoms with Crippen LogP contribution in [0.25, 0.3) is 0 Å². The van der Waals surface area contributed by atoms with Gasteiger partial charge in [0.2, 0.25) is 0 Å². The zero-order chi connectivity index (χ0) is 15.4. The second kappa shape index (κ2) is 7.72. The van der Waals surface area contributed by atoms with Crippen molar-refractivity contribution in [3.8, 4) is 0 Å². The fourth-order valence-electron chi connectivity index (χ4n) is 1.84. The molecule has 1 nitrogen and oxygen atoms in total. The molecule has 2 N–H and O–H groups in total. The summed E-state index contributed by atoms with van der Waals surface area (Å²) in [4.78, 5) is 1.06. The molecule has 1 unspecified atom stereocenters.